The van der Waals surface area contributed by atoms with Gasteiger partial charge in [0.2, 0.25) is 0 Å². The van der Waals surface area contributed by atoms with Gasteiger partial charge in [-0.25, -0.2) is 0 Å². The van der Waals surface area contributed by atoms with Gasteiger partial charge in [0.25, 0.3) is 0 Å². The summed E-state index contributed by atoms with van der Waals surface area (Å²) >= 11 is 8.90. The molecule has 0 unspecified atom stereocenters. The Morgan fingerprint density at radius 3 is 2.93 bits per heavy atom. The van der Waals surface area contributed by atoms with Gasteiger partial charge in [-0.3, -0.25) is 0 Å². The number of rotatable bonds is 2. The SMILES string of the molecule is Nc1cccc(Cl)c1Sc1nncs1. The summed E-state index contributed by atoms with van der Waals surface area (Å²) in [5, 5.41) is 8.30. The number of halogens is 1. The molecule has 0 aliphatic heterocycles. The van der Waals surface area contributed by atoms with Crippen LogP contribution in [0.1, 0.15) is 0 Å². The fraction of sp³-hybridized carbons (Fsp3) is 0. The molecule has 1 aromatic carbocycles. The number of anilines is 1. The Bertz CT molecular complexity index is 410. The minimum atomic E-state index is 0.644. The molecule has 0 spiro atoms. The predicted molar refractivity (Wildman–Crippen MR) is 59.9 cm³/mol. The summed E-state index contributed by atoms with van der Waals surface area (Å²) in [5.74, 6) is 0. The fourth-order valence-electron chi connectivity index (χ4n) is 0.928. The average molecular weight is 244 g/mol. The summed E-state index contributed by atoms with van der Waals surface area (Å²) in [6.45, 7) is 0. The van der Waals surface area contributed by atoms with Crippen molar-refractivity contribution in [3.8, 4) is 0 Å². The Morgan fingerprint density at radius 2 is 2.29 bits per heavy atom. The summed E-state index contributed by atoms with van der Waals surface area (Å²) in [4.78, 5) is 0.839. The van der Waals surface area contributed by atoms with Crippen molar-refractivity contribution in [3.63, 3.8) is 0 Å². The van der Waals surface area contributed by atoms with Gasteiger partial charge in [-0.15, -0.1) is 10.2 Å². The van der Waals surface area contributed by atoms with Crippen molar-refractivity contribution in [1.82, 2.24) is 10.2 Å². The molecule has 0 radical (unpaired) electrons. The minimum absolute atomic E-state index is 0.644. The van der Waals surface area contributed by atoms with Gasteiger partial charge in [-0.2, -0.15) is 0 Å². The van der Waals surface area contributed by atoms with E-state index in [4.69, 9.17) is 17.3 Å². The topological polar surface area (TPSA) is 51.8 Å². The normalized spacial score (nSPS) is 10.4. The van der Waals surface area contributed by atoms with E-state index < -0.39 is 0 Å². The van der Waals surface area contributed by atoms with Gasteiger partial charge in [-0.1, -0.05) is 40.8 Å². The first kappa shape index (κ1) is 9.76. The van der Waals surface area contributed by atoms with Crippen LogP contribution in [0.3, 0.4) is 0 Å². The van der Waals surface area contributed by atoms with Crippen molar-refractivity contribution < 1.29 is 0 Å². The lowest BCUT2D eigenvalue weighted by Crippen LogP contribution is -1.88. The van der Waals surface area contributed by atoms with Crippen molar-refractivity contribution >= 4 is 40.4 Å². The molecule has 0 bridgehead atoms. The van der Waals surface area contributed by atoms with Crippen molar-refractivity contribution in [3.05, 3.63) is 28.7 Å². The monoisotopic (exact) mass is 243 g/mol. The highest BCUT2D eigenvalue weighted by molar-refractivity contribution is 8.01. The van der Waals surface area contributed by atoms with Crippen LogP contribution in [0.4, 0.5) is 5.69 Å². The Kier molecular flexibility index (Phi) is 2.90. The van der Waals surface area contributed by atoms with E-state index in [1.807, 2.05) is 12.1 Å². The zero-order valence-corrected chi connectivity index (χ0v) is 9.36. The Labute approximate surface area is 94.3 Å². The zero-order chi connectivity index (χ0) is 9.97. The van der Waals surface area contributed by atoms with E-state index in [2.05, 4.69) is 10.2 Å². The molecule has 14 heavy (non-hydrogen) atoms. The van der Waals surface area contributed by atoms with Crippen LogP contribution in [0.5, 0.6) is 0 Å². The smallest absolute Gasteiger partial charge is 0.178 e. The summed E-state index contributed by atoms with van der Waals surface area (Å²) in [6.07, 6.45) is 0. The first-order valence-corrected chi connectivity index (χ1v) is 5.83. The van der Waals surface area contributed by atoms with Gasteiger partial charge in [0, 0.05) is 5.69 Å². The molecule has 0 saturated heterocycles. The largest absolute Gasteiger partial charge is 0.398 e. The number of nitrogen functional groups attached to an aromatic ring is 1. The average Bonchev–Trinajstić information content (AvgIpc) is 2.64. The van der Waals surface area contributed by atoms with E-state index in [1.54, 1.807) is 11.6 Å². The molecule has 6 heteroatoms. The molecule has 3 nitrogen and oxygen atoms in total. The highest BCUT2D eigenvalue weighted by Crippen LogP contribution is 2.37. The van der Waals surface area contributed by atoms with E-state index >= 15 is 0 Å². The Balaban J connectivity index is 2.33. The fourth-order valence-corrected chi connectivity index (χ4v) is 2.69. The summed E-state index contributed by atoms with van der Waals surface area (Å²) in [6, 6.07) is 5.44. The van der Waals surface area contributed by atoms with Crippen LogP contribution in [-0.4, -0.2) is 10.2 Å². The van der Waals surface area contributed by atoms with Crippen LogP contribution in [0, 0.1) is 0 Å². The van der Waals surface area contributed by atoms with Gasteiger partial charge >= 0.3 is 0 Å². The molecule has 2 aromatic rings. The second-order valence-corrected chi connectivity index (χ2v) is 4.96. The van der Waals surface area contributed by atoms with E-state index in [0.717, 1.165) is 9.24 Å². The number of benzene rings is 1. The molecule has 2 rings (SSSR count). The van der Waals surface area contributed by atoms with Crippen LogP contribution in [0.2, 0.25) is 5.02 Å². The van der Waals surface area contributed by atoms with Crippen LogP contribution in [-0.2, 0) is 0 Å². The molecule has 1 heterocycles. The van der Waals surface area contributed by atoms with Crippen molar-refractivity contribution in [2.75, 3.05) is 5.73 Å². The number of hydrogen-bond donors (Lipinski definition) is 1. The third-order valence-corrected chi connectivity index (χ3v) is 3.89. The third-order valence-electron chi connectivity index (χ3n) is 1.53. The van der Waals surface area contributed by atoms with Gasteiger partial charge in [0.15, 0.2) is 4.34 Å². The maximum atomic E-state index is 6.00. The number of aromatic nitrogens is 2. The molecule has 1 aromatic heterocycles. The van der Waals surface area contributed by atoms with Crippen molar-refractivity contribution in [2.24, 2.45) is 0 Å². The summed E-state index contributed by atoms with van der Waals surface area (Å²) in [5.41, 5.74) is 8.13. The molecule has 0 aliphatic carbocycles. The molecule has 0 atom stereocenters. The Hall–Kier alpha value is -0.780. The van der Waals surface area contributed by atoms with Gasteiger partial charge in [-0.05, 0) is 12.1 Å². The molecule has 2 N–H and O–H groups in total. The van der Waals surface area contributed by atoms with E-state index in [-0.39, 0.29) is 0 Å². The standard InChI is InChI=1S/C8H6ClN3S2/c9-5-2-1-3-6(10)7(5)14-8-12-11-4-13-8/h1-4H,10H2. The van der Waals surface area contributed by atoms with Crippen LogP contribution in [0.15, 0.2) is 32.9 Å². The molecule has 0 fully saturated rings. The minimum Gasteiger partial charge on any atom is -0.398 e. The van der Waals surface area contributed by atoms with Crippen LogP contribution < -0.4 is 5.73 Å². The Morgan fingerprint density at radius 1 is 1.43 bits per heavy atom. The lowest BCUT2D eigenvalue weighted by molar-refractivity contribution is 1.01. The first-order valence-electron chi connectivity index (χ1n) is 3.75. The van der Waals surface area contributed by atoms with Gasteiger partial charge in [0.1, 0.15) is 5.51 Å². The lowest BCUT2D eigenvalue weighted by Gasteiger charge is -2.03. The third kappa shape index (κ3) is 2.00. The highest BCUT2D eigenvalue weighted by Gasteiger charge is 2.08. The number of nitrogens with two attached hydrogens (primary N) is 1. The van der Waals surface area contributed by atoms with Gasteiger partial charge < -0.3 is 5.73 Å². The second-order valence-electron chi connectivity index (χ2n) is 2.46. The van der Waals surface area contributed by atoms with Crippen LogP contribution >= 0.6 is 34.7 Å². The second kappa shape index (κ2) is 4.16. The molecule has 0 aliphatic rings. The molecular formula is C8H6ClN3S2. The summed E-state index contributed by atoms with van der Waals surface area (Å²) < 4.78 is 0.838. The number of hydrogen-bond acceptors (Lipinski definition) is 5. The van der Waals surface area contributed by atoms with Gasteiger partial charge in [0.05, 0.1) is 9.92 Å². The van der Waals surface area contributed by atoms with E-state index in [0.29, 0.717) is 10.7 Å². The molecule has 0 amide bonds. The van der Waals surface area contributed by atoms with Crippen molar-refractivity contribution in [2.45, 2.75) is 9.24 Å². The lowest BCUT2D eigenvalue weighted by atomic mass is 10.3. The maximum absolute atomic E-state index is 6.00. The quantitative estimate of drug-likeness (QED) is 0.824. The van der Waals surface area contributed by atoms with Crippen LogP contribution in [0.25, 0.3) is 0 Å². The zero-order valence-electron chi connectivity index (χ0n) is 6.98. The highest BCUT2D eigenvalue weighted by atomic mass is 35.5. The molecule has 0 saturated carbocycles. The predicted octanol–water partition coefficient (Wildman–Crippen LogP) is 2.92. The van der Waals surface area contributed by atoms with E-state index in [9.17, 15) is 0 Å². The van der Waals surface area contributed by atoms with E-state index in [1.165, 1.54) is 23.1 Å². The molecule has 72 valence electrons. The first-order chi connectivity index (χ1) is 6.77. The molecular weight excluding hydrogens is 238 g/mol. The van der Waals surface area contributed by atoms with Crippen molar-refractivity contribution in [1.29, 1.82) is 0 Å². The maximum Gasteiger partial charge on any atom is 0.178 e. The number of nitrogens with zero attached hydrogens (tertiary/aromatic N) is 2. The summed E-state index contributed by atoms with van der Waals surface area (Å²) in [7, 11) is 0.